The maximum Gasteiger partial charge on any atom is 0.282 e. The zero-order chi connectivity index (χ0) is 18.8. The first-order valence-corrected chi connectivity index (χ1v) is 9.20. The second-order valence-electron chi connectivity index (χ2n) is 5.86. The summed E-state index contributed by atoms with van der Waals surface area (Å²) in [5, 5.41) is 5.01. The van der Waals surface area contributed by atoms with Crippen molar-refractivity contribution in [1.29, 1.82) is 0 Å². The summed E-state index contributed by atoms with van der Waals surface area (Å²) in [5.74, 6) is 0.0165. The molecule has 0 aliphatic carbocycles. The molecular formula is C21H16N2O3S. The average Bonchev–Trinajstić information content (AvgIpc) is 3.30. The Balaban J connectivity index is 1.76. The molecule has 1 aromatic heterocycles. The molecule has 1 aliphatic rings. The summed E-state index contributed by atoms with van der Waals surface area (Å²) in [5.41, 5.74) is 1.91. The first-order chi connectivity index (χ1) is 13.2. The van der Waals surface area contributed by atoms with Gasteiger partial charge in [0.25, 0.3) is 11.8 Å². The number of anilines is 2. The number of amides is 2. The molecule has 3 aromatic rings. The first-order valence-electron chi connectivity index (χ1n) is 8.32. The fraction of sp³-hybridized carbons (Fsp3) is 0.0476. The monoisotopic (exact) mass is 376 g/mol. The molecule has 0 atom stereocenters. The minimum Gasteiger partial charge on any atom is -0.497 e. The van der Waals surface area contributed by atoms with E-state index in [1.54, 1.807) is 55.6 Å². The van der Waals surface area contributed by atoms with Crippen LogP contribution in [0.5, 0.6) is 5.75 Å². The van der Waals surface area contributed by atoms with E-state index in [4.69, 9.17) is 4.74 Å². The highest BCUT2D eigenvalue weighted by molar-refractivity contribution is 7.11. The van der Waals surface area contributed by atoms with Crippen LogP contribution in [0.4, 0.5) is 11.4 Å². The largest absolute Gasteiger partial charge is 0.497 e. The van der Waals surface area contributed by atoms with E-state index in [-0.39, 0.29) is 17.5 Å². The molecule has 0 spiro atoms. The van der Waals surface area contributed by atoms with Crippen LogP contribution < -0.4 is 15.0 Å². The molecule has 0 radical (unpaired) electrons. The van der Waals surface area contributed by atoms with Crippen LogP contribution in [0.15, 0.2) is 77.8 Å². The Morgan fingerprint density at radius 3 is 2.26 bits per heavy atom. The van der Waals surface area contributed by atoms with Crippen molar-refractivity contribution in [3.63, 3.8) is 0 Å². The second kappa shape index (κ2) is 7.09. The van der Waals surface area contributed by atoms with Crippen molar-refractivity contribution in [3.05, 3.63) is 82.7 Å². The van der Waals surface area contributed by atoms with Gasteiger partial charge in [-0.1, -0.05) is 24.3 Å². The summed E-state index contributed by atoms with van der Waals surface area (Å²) >= 11 is 1.43. The Hall–Kier alpha value is -3.38. The number of hydrogen-bond donors (Lipinski definition) is 1. The van der Waals surface area contributed by atoms with Crippen molar-refractivity contribution in [2.75, 3.05) is 17.3 Å². The number of ether oxygens (including phenoxy) is 1. The molecule has 2 heterocycles. The van der Waals surface area contributed by atoms with E-state index in [0.29, 0.717) is 22.7 Å². The van der Waals surface area contributed by atoms with E-state index in [1.807, 2.05) is 23.6 Å². The van der Waals surface area contributed by atoms with Crippen molar-refractivity contribution in [2.45, 2.75) is 0 Å². The fourth-order valence-corrected chi connectivity index (χ4v) is 3.69. The number of nitrogens with one attached hydrogen (secondary N) is 1. The summed E-state index contributed by atoms with van der Waals surface area (Å²) in [7, 11) is 1.59. The SMILES string of the molecule is COc1ccc(NC2=C(c3cccs3)C(=O)N(c3ccccc3)C2=O)cc1. The van der Waals surface area contributed by atoms with Crippen molar-refractivity contribution in [3.8, 4) is 5.75 Å². The van der Waals surface area contributed by atoms with Gasteiger partial charge in [-0.15, -0.1) is 11.3 Å². The zero-order valence-electron chi connectivity index (χ0n) is 14.5. The third kappa shape index (κ3) is 3.11. The highest BCUT2D eigenvalue weighted by Crippen LogP contribution is 2.35. The standard InChI is InChI=1S/C21H16N2O3S/c1-26-16-11-9-14(10-12-16)22-19-18(17-8-5-13-27-17)20(24)23(21(19)25)15-6-3-2-4-7-15/h2-13,22H,1H3. The molecule has 0 saturated carbocycles. The number of hydrogen-bond acceptors (Lipinski definition) is 5. The molecule has 0 saturated heterocycles. The Morgan fingerprint density at radius 1 is 0.889 bits per heavy atom. The first kappa shape index (κ1) is 17.1. The lowest BCUT2D eigenvalue weighted by Crippen LogP contribution is -2.32. The predicted molar refractivity (Wildman–Crippen MR) is 107 cm³/mol. The lowest BCUT2D eigenvalue weighted by molar-refractivity contribution is -0.120. The van der Waals surface area contributed by atoms with E-state index in [0.717, 1.165) is 4.88 Å². The maximum absolute atomic E-state index is 13.1. The number of para-hydroxylation sites is 1. The molecule has 0 fully saturated rings. The van der Waals surface area contributed by atoms with Gasteiger partial charge < -0.3 is 10.1 Å². The van der Waals surface area contributed by atoms with Gasteiger partial charge in [0, 0.05) is 10.6 Å². The summed E-state index contributed by atoms with van der Waals surface area (Å²) < 4.78 is 5.16. The molecular weight excluding hydrogens is 360 g/mol. The normalized spacial score (nSPS) is 14.0. The maximum atomic E-state index is 13.1. The number of carbonyl (C=O) groups is 2. The predicted octanol–water partition coefficient (Wildman–Crippen LogP) is 4.15. The number of benzene rings is 2. The van der Waals surface area contributed by atoms with E-state index in [1.165, 1.54) is 16.2 Å². The van der Waals surface area contributed by atoms with Crippen LogP contribution in [0, 0.1) is 0 Å². The summed E-state index contributed by atoms with van der Waals surface area (Å²) in [4.78, 5) is 28.2. The molecule has 134 valence electrons. The lowest BCUT2D eigenvalue weighted by atomic mass is 10.2. The molecule has 2 amide bonds. The van der Waals surface area contributed by atoms with Crippen LogP contribution in [-0.2, 0) is 9.59 Å². The number of methoxy groups -OCH3 is 1. The molecule has 4 rings (SSSR count). The number of imide groups is 1. The average molecular weight is 376 g/mol. The quantitative estimate of drug-likeness (QED) is 0.680. The second-order valence-corrected chi connectivity index (χ2v) is 6.81. The molecule has 5 nitrogen and oxygen atoms in total. The molecule has 6 heteroatoms. The van der Waals surface area contributed by atoms with E-state index < -0.39 is 0 Å². The van der Waals surface area contributed by atoms with Gasteiger partial charge in [0.05, 0.1) is 18.4 Å². The minimum atomic E-state index is -0.370. The van der Waals surface area contributed by atoms with E-state index >= 15 is 0 Å². The van der Waals surface area contributed by atoms with E-state index in [9.17, 15) is 9.59 Å². The van der Waals surface area contributed by atoms with Crippen LogP contribution in [0.1, 0.15) is 4.88 Å². The highest BCUT2D eigenvalue weighted by Gasteiger charge is 2.40. The number of rotatable bonds is 5. The molecule has 1 N–H and O–H groups in total. The molecule has 27 heavy (non-hydrogen) atoms. The molecule has 2 aromatic carbocycles. The van der Waals surface area contributed by atoms with Crippen molar-refractivity contribution in [2.24, 2.45) is 0 Å². The van der Waals surface area contributed by atoms with Gasteiger partial charge in [-0.25, -0.2) is 4.90 Å². The third-order valence-corrected chi connectivity index (χ3v) is 5.11. The Labute approximate surface area is 160 Å². The summed E-state index contributed by atoms with van der Waals surface area (Å²) in [6.45, 7) is 0. The number of nitrogens with zero attached hydrogens (tertiary/aromatic N) is 1. The van der Waals surface area contributed by atoms with E-state index in [2.05, 4.69) is 5.32 Å². The number of carbonyl (C=O) groups excluding carboxylic acids is 2. The van der Waals surface area contributed by atoms with Crippen molar-refractivity contribution >= 4 is 40.1 Å². The van der Waals surface area contributed by atoms with Crippen LogP contribution in [0.3, 0.4) is 0 Å². The Bertz CT molecular complexity index is 1010. The molecule has 0 unspecified atom stereocenters. The zero-order valence-corrected chi connectivity index (χ0v) is 15.3. The summed E-state index contributed by atoms with van der Waals surface area (Å²) in [6, 6.07) is 19.9. The topological polar surface area (TPSA) is 58.6 Å². The Kier molecular flexibility index (Phi) is 4.48. The Morgan fingerprint density at radius 2 is 1.63 bits per heavy atom. The van der Waals surface area contributed by atoms with Crippen molar-refractivity contribution < 1.29 is 14.3 Å². The van der Waals surface area contributed by atoms with Crippen LogP contribution in [0.2, 0.25) is 0 Å². The minimum absolute atomic E-state index is 0.275. The van der Waals surface area contributed by atoms with Gasteiger partial charge in [-0.05, 0) is 47.8 Å². The fourth-order valence-electron chi connectivity index (χ4n) is 2.93. The van der Waals surface area contributed by atoms with Crippen LogP contribution in [0.25, 0.3) is 5.57 Å². The number of thiophene rings is 1. The smallest absolute Gasteiger partial charge is 0.282 e. The van der Waals surface area contributed by atoms with Gasteiger partial charge in [-0.3, -0.25) is 9.59 Å². The highest BCUT2D eigenvalue weighted by atomic mass is 32.1. The van der Waals surface area contributed by atoms with Gasteiger partial charge in [0.1, 0.15) is 11.4 Å². The lowest BCUT2D eigenvalue weighted by Gasteiger charge is -2.15. The van der Waals surface area contributed by atoms with Crippen LogP contribution in [-0.4, -0.2) is 18.9 Å². The summed E-state index contributed by atoms with van der Waals surface area (Å²) in [6.07, 6.45) is 0. The van der Waals surface area contributed by atoms with Gasteiger partial charge in [-0.2, -0.15) is 0 Å². The molecule has 0 bridgehead atoms. The third-order valence-electron chi connectivity index (χ3n) is 4.23. The van der Waals surface area contributed by atoms with Gasteiger partial charge >= 0.3 is 0 Å². The van der Waals surface area contributed by atoms with Gasteiger partial charge in [0.2, 0.25) is 0 Å². The van der Waals surface area contributed by atoms with Gasteiger partial charge in [0.15, 0.2) is 0 Å². The van der Waals surface area contributed by atoms with Crippen molar-refractivity contribution in [1.82, 2.24) is 0 Å². The molecule has 1 aliphatic heterocycles. The van der Waals surface area contributed by atoms with Crippen LogP contribution >= 0.6 is 11.3 Å².